The van der Waals surface area contributed by atoms with Crippen LogP contribution in [0.5, 0.6) is 5.75 Å². The number of benzene rings is 2. The van der Waals surface area contributed by atoms with Crippen LogP contribution in [0.4, 0.5) is 0 Å². The molecule has 25 heavy (non-hydrogen) atoms. The van der Waals surface area contributed by atoms with Gasteiger partial charge in [-0.25, -0.2) is 0 Å². The van der Waals surface area contributed by atoms with Gasteiger partial charge in [-0.15, -0.1) is 0 Å². The third kappa shape index (κ3) is 7.25. The van der Waals surface area contributed by atoms with Crippen LogP contribution in [0.25, 0.3) is 0 Å². The highest BCUT2D eigenvalue weighted by Gasteiger charge is 2.05. The average Bonchev–Trinajstić information content (AvgIpc) is 2.59. The lowest BCUT2D eigenvalue weighted by Crippen LogP contribution is -2.17. The lowest BCUT2D eigenvalue weighted by Gasteiger charge is -2.13. The van der Waals surface area contributed by atoms with Crippen LogP contribution in [0.15, 0.2) is 42.5 Å². The van der Waals surface area contributed by atoms with Gasteiger partial charge < -0.3 is 14.8 Å². The van der Waals surface area contributed by atoms with Crippen molar-refractivity contribution in [2.45, 2.75) is 39.5 Å². The maximum absolute atomic E-state index is 6.05. The molecule has 0 saturated carbocycles. The van der Waals surface area contributed by atoms with Gasteiger partial charge in [-0.3, -0.25) is 0 Å². The summed E-state index contributed by atoms with van der Waals surface area (Å²) in [5.74, 6) is 0.875. The molecule has 0 aliphatic rings. The Bertz CT molecular complexity index is 662. The third-order valence-corrected chi connectivity index (χ3v) is 4.35. The molecule has 2 aromatic rings. The van der Waals surface area contributed by atoms with Crippen LogP contribution in [-0.2, 0) is 17.9 Å². The Kier molecular flexibility index (Phi) is 8.56. The summed E-state index contributed by atoms with van der Waals surface area (Å²) in [6, 6.07) is 13.6. The average molecular weight is 382 g/mol. The number of ether oxygens (including phenoxy) is 2. The molecule has 0 amide bonds. The first-order valence-electron chi connectivity index (χ1n) is 8.53. The van der Waals surface area contributed by atoms with Crippen LogP contribution < -0.4 is 10.1 Å². The van der Waals surface area contributed by atoms with E-state index in [-0.39, 0.29) is 6.10 Å². The third-order valence-electron chi connectivity index (χ3n) is 3.62. The molecule has 5 heteroatoms. The fourth-order valence-corrected chi connectivity index (χ4v) is 2.64. The lowest BCUT2D eigenvalue weighted by molar-refractivity contribution is 0.0770. The molecule has 0 bridgehead atoms. The van der Waals surface area contributed by atoms with Gasteiger partial charge in [-0.2, -0.15) is 0 Å². The van der Waals surface area contributed by atoms with Gasteiger partial charge >= 0.3 is 0 Å². The summed E-state index contributed by atoms with van der Waals surface area (Å²) in [7, 11) is 0. The fraction of sp³-hybridized carbons (Fsp3) is 0.400. The van der Waals surface area contributed by atoms with E-state index in [1.165, 1.54) is 0 Å². The molecule has 0 atom stereocenters. The molecule has 0 radical (unpaired) electrons. The molecular formula is C20H25Cl2NO2. The standard InChI is InChI=1S/C20H25Cl2NO2/c1-15(2)24-11-5-10-23-13-17-6-3-4-7-20(17)25-14-16-8-9-18(21)19(22)12-16/h3-4,6-9,12,15,23H,5,10-11,13-14H2,1-2H3. The second-order valence-corrected chi connectivity index (χ2v) is 6.91. The zero-order valence-corrected chi connectivity index (χ0v) is 16.2. The molecule has 3 nitrogen and oxygen atoms in total. The van der Waals surface area contributed by atoms with Crippen LogP contribution >= 0.6 is 23.2 Å². The summed E-state index contributed by atoms with van der Waals surface area (Å²) in [6.07, 6.45) is 1.28. The monoisotopic (exact) mass is 381 g/mol. The smallest absolute Gasteiger partial charge is 0.124 e. The normalized spacial score (nSPS) is 11.1. The molecule has 0 heterocycles. The van der Waals surface area contributed by atoms with E-state index in [9.17, 15) is 0 Å². The minimum atomic E-state index is 0.287. The molecule has 2 rings (SSSR count). The number of hydrogen-bond donors (Lipinski definition) is 1. The van der Waals surface area contributed by atoms with Gasteiger partial charge in [0.15, 0.2) is 0 Å². The highest BCUT2D eigenvalue weighted by atomic mass is 35.5. The first-order chi connectivity index (χ1) is 12.1. The maximum Gasteiger partial charge on any atom is 0.124 e. The van der Waals surface area contributed by atoms with Gasteiger partial charge in [-0.05, 0) is 50.6 Å². The largest absolute Gasteiger partial charge is 0.489 e. The Balaban J connectivity index is 1.82. The van der Waals surface area contributed by atoms with Gasteiger partial charge in [0.2, 0.25) is 0 Å². The molecule has 0 fully saturated rings. The first kappa shape index (κ1) is 20.1. The van der Waals surface area contributed by atoms with Crippen molar-refractivity contribution in [3.05, 3.63) is 63.6 Å². The Morgan fingerprint density at radius 3 is 2.60 bits per heavy atom. The molecule has 0 spiro atoms. The van der Waals surface area contributed by atoms with E-state index in [1.54, 1.807) is 6.07 Å². The first-order valence-corrected chi connectivity index (χ1v) is 9.29. The Hall–Kier alpha value is -1.26. The van der Waals surface area contributed by atoms with Gasteiger partial charge in [0.1, 0.15) is 12.4 Å². The van der Waals surface area contributed by atoms with Gasteiger partial charge in [0, 0.05) is 18.7 Å². The minimum absolute atomic E-state index is 0.287. The molecule has 1 N–H and O–H groups in total. The second-order valence-electron chi connectivity index (χ2n) is 6.09. The van der Waals surface area contributed by atoms with E-state index in [4.69, 9.17) is 32.7 Å². The summed E-state index contributed by atoms with van der Waals surface area (Å²) in [5.41, 5.74) is 2.12. The van der Waals surface area contributed by atoms with Crippen molar-refractivity contribution >= 4 is 23.2 Å². The van der Waals surface area contributed by atoms with Gasteiger partial charge in [0.05, 0.1) is 16.1 Å². The zero-order valence-electron chi connectivity index (χ0n) is 14.7. The maximum atomic E-state index is 6.05. The van der Waals surface area contributed by atoms with Gasteiger partial charge in [-0.1, -0.05) is 47.5 Å². The van der Waals surface area contributed by atoms with Crippen LogP contribution in [-0.4, -0.2) is 19.3 Å². The van der Waals surface area contributed by atoms with Crippen LogP contribution in [0.2, 0.25) is 10.0 Å². The molecule has 0 saturated heterocycles. The molecule has 0 aromatic heterocycles. The molecule has 136 valence electrons. The fourth-order valence-electron chi connectivity index (χ4n) is 2.32. The molecular weight excluding hydrogens is 357 g/mol. The summed E-state index contributed by atoms with van der Waals surface area (Å²) in [5, 5.41) is 4.53. The lowest BCUT2D eigenvalue weighted by atomic mass is 10.2. The Morgan fingerprint density at radius 1 is 1.04 bits per heavy atom. The molecule has 2 aromatic carbocycles. The number of rotatable bonds is 10. The Morgan fingerprint density at radius 2 is 1.84 bits per heavy atom. The van der Waals surface area contributed by atoms with Crippen LogP contribution in [0.3, 0.4) is 0 Å². The van der Waals surface area contributed by atoms with Gasteiger partial charge in [0.25, 0.3) is 0 Å². The quantitative estimate of drug-likeness (QED) is 0.552. The van der Waals surface area contributed by atoms with E-state index in [2.05, 4.69) is 25.2 Å². The summed E-state index contributed by atoms with van der Waals surface area (Å²) < 4.78 is 11.5. The van der Waals surface area contributed by atoms with E-state index < -0.39 is 0 Å². The highest BCUT2D eigenvalue weighted by Crippen LogP contribution is 2.24. The molecule has 0 aliphatic carbocycles. The van der Waals surface area contributed by atoms with E-state index in [1.807, 2.05) is 30.3 Å². The highest BCUT2D eigenvalue weighted by molar-refractivity contribution is 6.42. The SMILES string of the molecule is CC(C)OCCCNCc1ccccc1OCc1ccc(Cl)c(Cl)c1. The summed E-state index contributed by atoms with van der Waals surface area (Å²) in [4.78, 5) is 0. The number of nitrogens with one attached hydrogen (secondary N) is 1. The molecule has 0 aliphatic heterocycles. The predicted molar refractivity (Wildman–Crippen MR) is 105 cm³/mol. The van der Waals surface area contributed by atoms with E-state index in [0.717, 1.165) is 43.0 Å². The number of hydrogen-bond acceptors (Lipinski definition) is 3. The van der Waals surface area contributed by atoms with Crippen molar-refractivity contribution < 1.29 is 9.47 Å². The summed E-state index contributed by atoms with van der Waals surface area (Å²) >= 11 is 12.0. The van der Waals surface area contributed by atoms with E-state index >= 15 is 0 Å². The van der Waals surface area contributed by atoms with Crippen molar-refractivity contribution in [2.24, 2.45) is 0 Å². The minimum Gasteiger partial charge on any atom is -0.489 e. The van der Waals surface area contributed by atoms with Crippen molar-refractivity contribution in [1.29, 1.82) is 0 Å². The zero-order chi connectivity index (χ0) is 18.1. The van der Waals surface area contributed by atoms with E-state index in [0.29, 0.717) is 16.7 Å². The topological polar surface area (TPSA) is 30.5 Å². The summed E-state index contributed by atoms with van der Waals surface area (Å²) in [6.45, 7) is 7.01. The van der Waals surface area contributed by atoms with Crippen molar-refractivity contribution in [1.82, 2.24) is 5.32 Å². The van der Waals surface area contributed by atoms with Crippen molar-refractivity contribution in [3.8, 4) is 5.75 Å². The van der Waals surface area contributed by atoms with Crippen LogP contribution in [0.1, 0.15) is 31.4 Å². The van der Waals surface area contributed by atoms with Crippen LogP contribution in [0, 0.1) is 0 Å². The van der Waals surface area contributed by atoms with Crippen molar-refractivity contribution in [3.63, 3.8) is 0 Å². The predicted octanol–water partition coefficient (Wildman–Crippen LogP) is 5.48. The Labute approximate surface area is 160 Å². The number of para-hydroxylation sites is 1. The second kappa shape index (κ2) is 10.7. The van der Waals surface area contributed by atoms with Crippen molar-refractivity contribution in [2.75, 3.05) is 13.2 Å². The number of halogens is 2. The molecule has 0 unspecified atom stereocenters.